The standard InChI is InChI=1S/C17H16FN3O4/c1-24-11-5-8-7(4-9(11)15(19)22)2-3-20-17(8)25-6-10-12-13(14(12)18)16(23)21-10/h2-5,10,12-14H,6H2,1H3,(H2,19,22)(H,21,23)/t10-,12-,13+,14+/m1/s1. The van der Waals surface area contributed by atoms with Crippen molar-refractivity contribution >= 4 is 22.6 Å². The van der Waals surface area contributed by atoms with Crippen molar-refractivity contribution in [3.8, 4) is 11.6 Å². The van der Waals surface area contributed by atoms with Gasteiger partial charge in [-0.15, -0.1) is 0 Å². The van der Waals surface area contributed by atoms with E-state index >= 15 is 0 Å². The van der Waals surface area contributed by atoms with Crippen LogP contribution in [0.4, 0.5) is 4.39 Å². The number of nitrogens with zero attached hydrogens (tertiary/aromatic N) is 1. The molecular formula is C17H16FN3O4. The van der Waals surface area contributed by atoms with Gasteiger partial charge in [-0.25, -0.2) is 9.37 Å². The first-order valence-corrected chi connectivity index (χ1v) is 7.85. The molecule has 0 bridgehead atoms. The highest BCUT2D eigenvalue weighted by molar-refractivity contribution is 6.01. The lowest BCUT2D eigenvalue weighted by Gasteiger charge is -2.16. The SMILES string of the molecule is COc1cc2c(OC[C@H]3NC(=O)[C@@H]4[C@@H](F)[C@@H]43)nccc2cc1C(N)=O. The Kier molecular flexibility index (Phi) is 3.48. The second kappa shape index (κ2) is 5.58. The quantitative estimate of drug-likeness (QED) is 0.834. The molecule has 1 saturated carbocycles. The maximum atomic E-state index is 13.5. The maximum absolute atomic E-state index is 13.5. The fraction of sp³-hybridized carbons (Fsp3) is 0.353. The van der Waals surface area contributed by atoms with E-state index in [1.807, 2.05) is 0 Å². The number of hydrogen-bond donors (Lipinski definition) is 2. The number of hydrogen-bond acceptors (Lipinski definition) is 5. The van der Waals surface area contributed by atoms with E-state index < -0.39 is 18.0 Å². The van der Waals surface area contributed by atoms with Crippen molar-refractivity contribution in [1.82, 2.24) is 10.3 Å². The first-order chi connectivity index (χ1) is 12.0. The molecule has 2 amide bonds. The highest BCUT2D eigenvalue weighted by atomic mass is 19.1. The third kappa shape index (κ3) is 2.45. The molecule has 2 aromatic rings. The number of nitrogens with two attached hydrogens (primary N) is 1. The molecule has 1 aromatic carbocycles. The number of pyridine rings is 1. The molecule has 8 heteroatoms. The van der Waals surface area contributed by atoms with Gasteiger partial charge >= 0.3 is 0 Å². The predicted molar refractivity (Wildman–Crippen MR) is 86.1 cm³/mol. The largest absolute Gasteiger partial charge is 0.496 e. The number of rotatable bonds is 5. The Morgan fingerprint density at radius 2 is 2.24 bits per heavy atom. The zero-order valence-corrected chi connectivity index (χ0v) is 13.4. The molecule has 2 heterocycles. The normalized spacial score (nSPS) is 26.9. The van der Waals surface area contributed by atoms with E-state index in [1.54, 1.807) is 24.4 Å². The van der Waals surface area contributed by atoms with Gasteiger partial charge in [0.15, 0.2) is 0 Å². The number of alkyl halides is 1. The molecular weight excluding hydrogens is 329 g/mol. The van der Waals surface area contributed by atoms with Gasteiger partial charge in [0.25, 0.3) is 5.91 Å². The lowest BCUT2D eigenvalue weighted by molar-refractivity contribution is -0.121. The van der Waals surface area contributed by atoms with Gasteiger partial charge in [-0.3, -0.25) is 9.59 Å². The molecule has 1 aliphatic heterocycles. The highest BCUT2D eigenvalue weighted by Crippen LogP contribution is 2.49. The Hall–Kier alpha value is -2.90. The average molecular weight is 345 g/mol. The second-order valence-electron chi connectivity index (χ2n) is 6.23. The number of fused-ring (bicyclic) bond motifs is 2. The van der Waals surface area contributed by atoms with Gasteiger partial charge in [0.1, 0.15) is 18.5 Å². The van der Waals surface area contributed by atoms with Crippen LogP contribution < -0.4 is 20.5 Å². The Bertz CT molecular complexity index is 888. The van der Waals surface area contributed by atoms with Crippen molar-refractivity contribution in [3.63, 3.8) is 0 Å². The number of carbonyl (C=O) groups is 2. The summed E-state index contributed by atoms with van der Waals surface area (Å²) in [6.45, 7) is 0.124. The van der Waals surface area contributed by atoms with E-state index in [2.05, 4.69) is 10.3 Å². The molecule has 1 aromatic heterocycles. The third-order valence-electron chi connectivity index (χ3n) is 4.79. The molecule has 0 spiro atoms. The smallest absolute Gasteiger partial charge is 0.252 e. The van der Waals surface area contributed by atoms with E-state index in [0.717, 1.165) is 0 Å². The van der Waals surface area contributed by atoms with Crippen LogP contribution in [0.3, 0.4) is 0 Å². The van der Waals surface area contributed by atoms with Crippen LogP contribution in [0.25, 0.3) is 10.8 Å². The summed E-state index contributed by atoms with van der Waals surface area (Å²) in [7, 11) is 1.44. The zero-order chi connectivity index (χ0) is 17.7. The van der Waals surface area contributed by atoms with Crippen LogP contribution >= 0.6 is 0 Å². The van der Waals surface area contributed by atoms with Crippen LogP contribution in [0.5, 0.6) is 11.6 Å². The molecule has 2 aliphatic rings. The number of ether oxygens (including phenoxy) is 2. The number of primary amides is 1. The first-order valence-electron chi connectivity index (χ1n) is 7.85. The van der Waals surface area contributed by atoms with Gasteiger partial charge in [-0.2, -0.15) is 0 Å². The van der Waals surface area contributed by atoms with E-state index in [0.29, 0.717) is 22.4 Å². The van der Waals surface area contributed by atoms with Crippen molar-refractivity contribution in [1.29, 1.82) is 0 Å². The number of amides is 2. The maximum Gasteiger partial charge on any atom is 0.252 e. The second-order valence-corrected chi connectivity index (χ2v) is 6.23. The van der Waals surface area contributed by atoms with Gasteiger partial charge in [0.2, 0.25) is 11.8 Å². The van der Waals surface area contributed by atoms with Gasteiger partial charge in [-0.1, -0.05) is 0 Å². The Labute approximate surface area is 142 Å². The number of methoxy groups -OCH3 is 1. The topological polar surface area (TPSA) is 104 Å². The number of aromatic nitrogens is 1. The van der Waals surface area contributed by atoms with Gasteiger partial charge in [0, 0.05) is 17.5 Å². The molecule has 3 N–H and O–H groups in total. The van der Waals surface area contributed by atoms with E-state index in [9.17, 15) is 14.0 Å². The number of halogens is 1. The van der Waals surface area contributed by atoms with Crippen molar-refractivity contribution in [3.05, 3.63) is 30.0 Å². The van der Waals surface area contributed by atoms with Crippen LogP contribution in [0.15, 0.2) is 24.4 Å². The summed E-state index contributed by atoms with van der Waals surface area (Å²) in [6.07, 6.45) is 0.459. The summed E-state index contributed by atoms with van der Waals surface area (Å²) < 4.78 is 24.5. The van der Waals surface area contributed by atoms with E-state index in [1.165, 1.54) is 7.11 Å². The summed E-state index contributed by atoms with van der Waals surface area (Å²) in [6, 6.07) is 4.59. The van der Waals surface area contributed by atoms with Crippen molar-refractivity contribution < 1.29 is 23.5 Å². The summed E-state index contributed by atoms with van der Waals surface area (Å²) in [4.78, 5) is 27.3. The van der Waals surface area contributed by atoms with E-state index in [-0.39, 0.29) is 30.0 Å². The average Bonchev–Trinajstić information content (AvgIpc) is 3.15. The summed E-state index contributed by atoms with van der Waals surface area (Å²) in [5.41, 5.74) is 5.63. The molecule has 0 radical (unpaired) electrons. The Morgan fingerprint density at radius 1 is 1.44 bits per heavy atom. The highest BCUT2D eigenvalue weighted by Gasteiger charge is 2.64. The predicted octanol–water partition coefficient (Wildman–Crippen LogP) is 0.804. The lowest BCUT2D eigenvalue weighted by Crippen LogP contribution is -2.37. The fourth-order valence-electron chi connectivity index (χ4n) is 3.43. The molecule has 4 atom stereocenters. The molecule has 130 valence electrons. The lowest BCUT2D eigenvalue weighted by atomic mass is 10.1. The van der Waals surface area contributed by atoms with Crippen molar-refractivity contribution in [2.75, 3.05) is 13.7 Å². The minimum absolute atomic E-state index is 0.124. The zero-order valence-electron chi connectivity index (χ0n) is 13.4. The van der Waals surface area contributed by atoms with Crippen LogP contribution in [0.1, 0.15) is 10.4 Å². The molecule has 2 fully saturated rings. The number of benzene rings is 1. The summed E-state index contributed by atoms with van der Waals surface area (Å²) in [5, 5.41) is 4.08. The molecule has 1 aliphatic carbocycles. The molecule has 25 heavy (non-hydrogen) atoms. The molecule has 7 nitrogen and oxygen atoms in total. The number of piperidine rings is 1. The molecule has 0 unspecified atom stereocenters. The monoisotopic (exact) mass is 345 g/mol. The fourth-order valence-corrected chi connectivity index (χ4v) is 3.43. The summed E-state index contributed by atoms with van der Waals surface area (Å²) >= 11 is 0. The van der Waals surface area contributed by atoms with Crippen LogP contribution in [-0.2, 0) is 4.79 Å². The van der Waals surface area contributed by atoms with Gasteiger partial charge in [0.05, 0.1) is 24.6 Å². The summed E-state index contributed by atoms with van der Waals surface area (Å²) in [5.74, 6) is -1.07. The number of nitrogens with one attached hydrogen (secondary N) is 1. The van der Waals surface area contributed by atoms with E-state index in [4.69, 9.17) is 15.2 Å². The van der Waals surface area contributed by atoms with Crippen molar-refractivity contribution in [2.45, 2.75) is 12.2 Å². The molecule has 4 rings (SSSR count). The minimum atomic E-state index is -1.08. The van der Waals surface area contributed by atoms with Crippen molar-refractivity contribution in [2.24, 2.45) is 17.6 Å². The minimum Gasteiger partial charge on any atom is -0.496 e. The molecule has 1 saturated heterocycles. The van der Waals surface area contributed by atoms with Crippen LogP contribution in [0, 0.1) is 11.8 Å². The Balaban J connectivity index is 1.61. The third-order valence-corrected chi connectivity index (χ3v) is 4.79. The Morgan fingerprint density at radius 3 is 2.88 bits per heavy atom. The van der Waals surface area contributed by atoms with Gasteiger partial charge in [-0.05, 0) is 23.6 Å². The first kappa shape index (κ1) is 15.6. The number of carbonyl (C=O) groups excluding carboxylic acids is 2. The van der Waals surface area contributed by atoms with Crippen LogP contribution in [0.2, 0.25) is 0 Å². The van der Waals surface area contributed by atoms with Crippen LogP contribution in [-0.4, -0.2) is 42.7 Å². The van der Waals surface area contributed by atoms with Gasteiger partial charge < -0.3 is 20.5 Å².